The van der Waals surface area contributed by atoms with Crippen LogP contribution in [0.5, 0.6) is 0 Å². The number of fused-ring (bicyclic) bond motifs is 4. The number of carbonyl (C=O) groups excluding carboxylic acids is 2. The van der Waals surface area contributed by atoms with Crippen LogP contribution in [0.3, 0.4) is 0 Å². The van der Waals surface area contributed by atoms with Crippen LogP contribution in [0.15, 0.2) is 0 Å². The highest BCUT2D eigenvalue weighted by Gasteiger charge is 2.85. The SMILES string of the molecule is CC(C)[C@@H](OC(=O)N1CCC1)C1C[C@@H](C)[C@H]2C(O1)[C@H](O)[C@@]1(N)C3CC[C@H]4C(C)(C)[C@@H](OC5CN(C6CN(CC(=O)N7CCC7)C6)CCO5)CCC45C[C@@]35CC[C@]21C. The van der Waals surface area contributed by atoms with E-state index in [1.54, 1.807) is 4.90 Å². The van der Waals surface area contributed by atoms with Gasteiger partial charge in [-0.15, -0.1) is 0 Å². The van der Waals surface area contributed by atoms with E-state index in [2.05, 4.69) is 51.3 Å². The highest BCUT2D eigenvalue weighted by molar-refractivity contribution is 5.79. The molecule has 14 atom stereocenters. The molecule has 5 saturated carbocycles. The Kier molecular flexibility index (Phi) is 9.54. The summed E-state index contributed by atoms with van der Waals surface area (Å²) in [5.41, 5.74) is 7.36. The smallest absolute Gasteiger partial charge is 0.410 e. The molecular formula is C45H73N5O7. The van der Waals surface area contributed by atoms with Gasteiger partial charge in [-0.05, 0) is 115 Å². The molecule has 5 unspecified atom stereocenters. The maximum Gasteiger partial charge on any atom is 0.410 e. The monoisotopic (exact) mass is 796 g/mol. The molecule has 10 fully saturated rings. The first-order valence-electron chi connectivity index (χ1n) is 23.2. The van der Waals surface area contributed by atoms with Crippen molar-refractivity contribution in [2.24, 2.45) is 57.0 Å². The first-order chi connectivity index (χ1) is 27.1. The van der Waals surface area contributed by atoms with Gasteiger partial charge < -0.3 is 39.6 Å². The van der Waals surface area contributed by atoms with Crippen LogP contribution in [0.2, 0.25) is 0 Å². The Hall–Kier alpha value is -1.54. The molecule has 5 saturated heterocycles. The molecule has 12 nitrogen and oxygen atoms in total. The zero-order chi connectivity index (χ0) is 39.9. The van der Waals surface area contributed by atoms with Crippen LogP contribution >= 0.6 is 0 Å². The lowest BCUT2D eigenvalue weighted by atomic mass is 9.43. The van der Waals surface area contributed by atoms with Crippen LogP contribution in [0.25, 0.3) is 0 Å². The van der Waals surface area contributed by atoms with E-state index in [-0.39, 0.29) is 82.1 Å². The zero-order valence-corrected chi connectivity index (χ0v) is 35.8. The molecule has 0 aromatic carbocycles. The Morgan fingerprint density at radius 3 is 2.30 bits per heavy atom. The van der Waals surface area contributed by atoms with Gasteiger partial charge in [0.15, 0.2) is 6.29 Å². The Balaban J connectivity index is 0.808. The maximum absolute atomic E-state index is 13.0. The summed E-state index contributed by atoms with van der Waals surface area (Å²) in [4.78, 5) is 34.1. The number of ether oxygens (including phenoxy) is 4. The van der Waals surface area contributed by atoms with E-state index in [1.165, 1.54) is 12.8 Å². The van der Waals surface area contributed by atoms with Crippen molar-refractivity contribution in [2.45, 2.75) is 154 Å². The molecule has 5 heterocycles. The van der Waals surface area contributed by atoms with E-state index >= 15 is 0 Å². The fourth-order valence-corrected chi connectivity index (χ4v) is 15.7. The highest BCUT2D eigenvalue weighted by atomic mass is 16.7. The first-order valence-corrected chi connectivity index (χ1v) is 23.2. The third-order valence-electron chi connectivity index (χ3n) is 19.0. The van der Waals surface area contributed by atoms with Crippen molar-refractivity contribution in [1.82, 2.24) is 19.6 Å². The second-order valence-electron chi connectivity index (χ2n) is 22.1. The third-order valence-corrected chi connectivity index (χ3v) is 19.0. The average Bonchev–Trinajstić information content (AvgIpc) is 3.73. The average molecular weight is 796 g/mol. The fraction of sp³-hybridized carbons (Fsp3) is 0.956. The van der Waals surface area contributed by atoms with E-state index in [0.717, 1.165) is 104 Å². The molecule has 0 aromatic rings. The zero-order valence-electron chi connectivity index (χ0n) is 35.8. The number of rotatable bonds is 8. The molecule has 57 heavy (non-hydrogen) atoms. The molecule has 3 N–H and O–H groups in total. The van der Waals surface area contributed by atoms with Crippen molar-refractivity contribution in [3.05, 3.63) is 0 Å². The van der Waals surface area contributed by atoms with Crippen molar-refractivity contribution < 1.29 is 33.6 Å². The van der Waals surface area contributed by atoms with Gasteiger partial charge in [0, 0.05) is 58.4 Å². The van der Waals surface area contributed by atoms with Crippen LogP contribution in [0, 0.1) is 51.2 Å². The largest absolute Gasteiger partial charge is 0.443 e. The van der Waals surface area contributed by atoms with E-state index in [0.29, 0.717) is 31.0 Å². The van der Waals surface area contributed by atoms with Crippen LogP contribution in [-0.2, 0) is 23.7 Å². The molecule has 5 aliphatic heterocycles. The number of nitrogens with zero attached hydrogens (tertiary/aromatic N) is 4. The number of hydrogen-bond donors (Lipinski definition) is 2. The summed E-state index contributed by atoms with van der Waals surface area (Å²) in [6.45, 7) is 22.1. The lowest BCUT2D eigenvalue weighted by molar-refractivity contribution is -0.251. The van der Waals surface area contributed by atoms with Gasteiger partial charge in [-0.2, -0.15) is 0 Å². The summed E-state index contributed by atoms with van der Waals surface area (Å²) >= 11 is 0. The summed E-state index contributed by atoms with van der Waals surface area (Å²) < 4.78 is 26.5. The van der Waals surface area contributed by atoms with Crippen LogP contribution in [0.4, 0.5) is 4.79 Å². The number of likely N-dealkylation sites (tertiary alicyclic amines) is 3. The molecule has 0 radical (unpaired) electrons. The Morgan fingerprint density at radius 1 is 0.912 bits per heavy atom. The van der Waals surface area contributed by atoms with Crippen LogP contribution < -0.4 is 5.73 Å². The summed E-state index contributed by atoms with van der Waals surface area (Å²) in [7, 11) is 0. The van der Waals surface area contributed by atoms with Crippen molar-refractivity contribution in [3.8, 4) is 0 Å². The lowest BCUT2D eigenvalue weighted by Crippen LogP contribution is -2.70. The van der Waals surface area contributed by atoms with Gasteiger partial charge in [0.2, 0.25) is 5.91 Å². The minimum Gasteiger partial charge on any atom is -0.443 e. The summed E-state index contributed by atoms with van der Waals surface area (Å²) in [6.07, 6.45) is 8.71. The van der Waals surface area contributed by atoms with Crippen molar-refractivity contribution >= 4 is 12.0 Å². The molecule has 5 aliphatic carbocycles. The Labute approximate surface area is 341 Å². The summed E-state index contributed by atoms with van der Waals surface area (Å²) in [6, 6.07) is 0.465. The second kappa shape index (κ2) is 13.7. The van der Waals surface area contributed by atoms with Gasteiger partial charge in [-0.1, -0.05) is 41.5 Å². The van der Waals surface area contributed by atoms with Crippen molar-refractivity contribution in [2.75, 3.05) is 65.5 Å². The van der Waals surface area contributed by atoms with Gasteiger partial charge in [0.25, 0.3) is 0 Å². The number of amides is 2. The molecule has 0 bridgehead atoms. The van der Waals surface area contributed by atoms with Crippen molar-refractivity contribution in [1.29, 1.82) is 0 Å². The predicted octanol–water partition coefficient (Wildman–Crippen LogP) is 4.32. The summed E-state index contributed by atoms with van der Waals surface area (Å²) in [5, 5.41) is 12.7. The van der Waals surface area contributed by atoms with Gasteiger partial charge in [-0.25, -0.2) is 4.79 Å². The normalized spacial score (nSPS) is 48.3. The Morgan fingerprint density at radius 2 is 1.61 bits per heavy atom. The van der Waals surface area contributed by atoms with Gasteiger partial charge in [-0.3, -0.25) is 14.6 Å². The topological polar surface area (TPSA) is 130 Å². The molecule has 0 aromatic heterocycles. The fourth-order valence-electron chi connectivity index (χ4n) is 15.7. The number of aliphatic hydroxyl groups excluding tert-OH is 1. The number of morpholine rings is 1. The maximum atomic E-state index is 13.0. The molecule has 10 aliphatic rings. The third kappa shape index (κ3) is 5.68. The molecule has 2 amide bonds. The number of nitrogens with two attached hydrogens (primary N) is 1. The van der Waals surface area contributed by atoms with E-state index in [9.17, 15) is 14.7 Å². The second-order valence-corrected chi connectivity index (χ2v) is 22.1. The minimum absolute atomic E-state index is 0.00215. The van der Waals surface area contributed by atoms with E-state index < -0.39 is 11.6 Å². The highest BCUT2D eigenvalue weighted by Crippen LogP contribution is 2.87. The van der Waals surface area contributed by atoms with E-state index in [1.807, 2.05) is 4.90 Å². The molecule has 2 spiro atoms. The number of carbonyl (C=O) groups is 2. The van der Waals surface area contributed by atoms with Gasteiger partial charge >= 0.3 is 6.09 Å². The minimum atomic E-state index is -0.754. The van der Waals surface area contributed by atoms with Gasteiger partial charge in [0.1, 0.15) is 6.10 Å². The number of aliphatic hydroxyl groups is 1. The van der Waals surface area contributed by atoms with Gasteiger partial charge in [0.05, 0.1) is 43.1 Å². The standard InChI is InChI=1S/C45H73N5O7/c1-27(2)37(57-40(53)49-17-8-18-49)30-21-28(3)36-38(55-30)39(52)45(46)32-10-9-31-41(4,5)33(11-12-43(31)26-44(32,43)14-13-42(36,45)6)56-35-25-50(19-20-54-35)29-22-47(23-29)24-34(51)48-15-7-16-48/h27-33,35-39,52H,7-26,46H2,1-6H3/t28-,30?,31+,32?,33+,35?,36+,37-,38?,39+,42-,43?,44+,45+/m1/s1. The van der Waals surface area contributed by atoms with E-state index in [4.69, 9.17) is 24.7 Å². The Bertz CT molecular complexity index is 1580. The van der Waals surface area contributed by atoms with Crippen molar-refractivity contribution in [3.63, 3.8) is 0 Å². The predicted molar refractivity (Wildman–Crippen MR) is 214 cm³/mol. The summed E-state index contributed by atoms with van der Waals surface area (Å²) in [5.74, 6) is 1.66. The van der Waals surface area contributed by atoms with Crippen LogP contribution in [0.1, 0.15) is 106 Å². The lowest BCUT2D eigenvalue weighted by Gasteiger charge is -2.63. The molecule has 10 rings (SSSR count). The first kappa shape index (κ1) is 39.6. The molecule has 320 valence electrons. The molecular weight excluding hydrogens is 723 g/mol. The van der Waals surface area contributed by atoms with Crippen LogP contribution in [-0.4, -0.2) is 151 Å². The quantitative estimate of drug-likeness (QED) is 0.367. The number of hydrogen-bond acceptors (Lipinski definition) is 10. The molecule has 12 heteroatoms.